The van der Waals surface area contributed by atoms with Crippen molar-refractivity contribution >= 4 is 49.6 Å². The number of nitriles is 1. The summed E-state index contributed by atoms with van der Waals surface area (Å²) in [4.78, 5) is 37.8. The molecule has 0 radical (unpaired) electrons. The molecule has 152 valence electrons. The van der Waals surface area contributed by atoms with Crippen LogP contribution in [0, 0.1) is 11.3 Å². The Bertz CT molecular complexity index is 1110. The average Bonchev–Trinajstić information content (AvgIpc) is 2.63. The first-order chi connectivity index (χ1) is 13.6. The van der Waals surface area contributed by atoms with Crippen LogP contribution in [0.25, 0.3) is 11.1 Å². The highest BCUT2D eigenvalue weighted by Gasteiger charge is 2.30. The number of aromatic carboxylic acids is 2. The minimum atomic E-state index is -1.64. The van der Waals surface area contributed by atoms with E-state index < -0.39 is 40.0 Å². The number of nitrogens with zero attached hydrogens (tertiary/aromatic N) is 1. The van der Waals surface area contributed by atoms with Crippen LogP contribution in [0.3, 0.4) is 0 Å². The molecule has 29 heavy (non-hydrogen) atoms. The molecule has 12 heteroatoms. The molecule has 0 saturated carbocycles. The lowest BCUT2D eigenvalue weighted by molar-refractivity contribution is 0.0695. The molecule has 1 aromatic heterocycles. The smallest absolute Gasteiger partial charge is 0.342 e. The zero-order chi connectivity index (χ0) is 21.9. The zero-order valence-electron chi connectivity index (χ0n) is 14.7. The Labute approximate surface area is 180 Å². The molecule has 0 aliphatic rings. The van der Waals surface area contributed by atoms with Crippen molar-refractivity contribution in [3.8, 4) is 28.7 Å². The maximum absolute atomic E-state index is 12.2. The Kier molecular flexibility index (Phi) is 6.89. The number of benzene rings is 1. The second kappa shape index (κ2) is 8.97. The highest BCUT2D eigenvalue weighted by molar-refractivity contribution is 9.13. The van der Waals surface area contributed by atoms with Gasteiger partial charge in [0.15, 0.2) is 18.1 Å². The summed E-state index contributed by atoms with van der Waals surface area (Å²) in [7, 11) is 0. The lowest BCUT2D eigenvalue weighted by Crippen LogP contribution is -2.24. The van der Waals surface area contributed by atoms with Crippen molar-refractivity contribution in [2.24, 2.45) is 0 Å². The molecule has 1 aromatic carbocycles. The summed E-state index contributed by atoms with van der Waals surface area (Å²) in [5.41, 5.74) is 2.79. The molecule has 0 unspecified atom stereocenters. The van der Waals surface area contributed by atoms with E-state index in [0.29, 0.717) is 0 Å². The third-order valence-corrected chi connectivity index (χ3v) is 5.76. The molecule has 0 fully saturated rings. The number of nitrogens with two attached hydrogens (primary N) is 1. The number of halogens is 2. The first-order valence-corrected chi connectivity index (χ1v) is 9.41. The molecule has 10 nitrogen and oxygen atoms in total. The predicted molar refractivity (Wildman–Crippen MR) is 109 cm³/mol. The van der Waals surface area contributed by atoms with Gasteiger partial charge in [-0.3, -0.25) is 4.79 Å². The number of anilines is 1. The Morgan fingerprint density at radius 2 is 1.83 bits per heavy atom. The molecular formula is C17H13Br2N3O7. The van der Waals surface area contributed by atoms with Crippen molar-refractivity contribution in [1.29, 1.82) is 5.26 Å². The summed E-state index contributed by atoms with van der Waals surface area (Å²) in [5.74, 6) is -3.46. The van der Waals surface area contributed by atoms with Crippen LogP contribution in [0.15, 0.2) is 19.8 Å². The lowest BCUT2D eigenvalue weighted by atomic mass is 9.95. The number of H-pyrrole nitrogens is 1. The Morgan fingerprint density at radius 1 is 1.21 bits per heavy atom. The number of carbonyl (C=O) groups is 2. The van der Waals surface area contributed by atoms with Crippen LogP contribution >= 0.6 is 31.9 Å². The molecule has 0 spiro atoms. The van der Waals surface area contributed by atoms with E-state index in [2.05, 4.69) is 31.9 Å². The zero-order valence-corrected chi connectivity index (χ0v) is 17.9. The third-order valence-electron chi connectivity index (χ3n) is 3.65. The van der Waals surface area contributed by atoms with E-state index in [1.165, 1.54) is 6.07 Å². The molecule has 1 heterocycles. The standard InChI is InChI=1S/C17H13Br2N3O7/c1-2-28-7-5-6(11(18)12(19)13(7)29-4-3-20)8-9(16(24)25)14(21)22-15(23)10(8)17(26)27/h5H,2,4H2,1H3,(H,24,25)(H,26,27)(H3,21,22,23). The molecule has 0 saturated heterocycles. The third kappa shape index (κ3) is 4.20. The summed E-state index contributed by atoms with van der Waals surface area (Å²) in [6.07, 6.45) is 0. The Hall–Kier alpha value is -3.04. The van der Waals surface area contributed by atoms with Gasteiger partial charge in [-0.25, -0.2) is 9.59 Å². The number of aromatic amines is 1. The number of rotatable bonds is 7. The quantitative estimate of drug-likeness (QED) is 0.419. The summed E-state index contributed by atoms with van der Waals surface area (Å²) in [5, 5.41) is 27.9. The molecule has 0 atom stereocenters. The maximum atomic E-state index is 12.2. The van der Waals surface area contributed by atoms with Gasteiger partial charge >= 0.3 is 11.9 Å². The fraction of sp³-hybridized carbons (Fsp3) is 0.176. The van der Waals surface area contributed by atoms with Crippen LogP contribution in [0.2, 0.25) is 0 Å². The number of carboxylic acid groups (broad SMARTS) is 2. The summed E-state index contributed by atoms with van der Waals surface area (Å²) in [6.45, 7) is 1.56. The van der Waals surface area contributed by atoms with E-state index >= 15 is 0 Å². The van der Waals surface area contributed by atoms with Gasteiger partial charge in [-0.05, 0) is 44.8 Å². The van der Waals surface area contributed by atoms with Crippen molar-refractivity contribution in [3.05, 3.63) is 36.5 Å². The molecule has 2 rings (SSSR count). The molecule has 0 bridgehead atoms. The van der Waals surface area contributed by atoms with Crippen molar-refractivity contribution < 1.29 is 29.3 Å². The van der Waals surface area contributed by atoms with Gasteiger partial charge in [0.05, 0.1) is 11.1 Å². The van der Waals surface area contributed by atoms with Crippen molar-refractivity contribution in [2.75, 3.05) is 18.9 Å². The van der Waals surface area contributed by atoms with Gasteiger partial charge in [-0.2, -0.15) is 5.26 Å². The SMILES string of the molecule is CCOc1cc(-c2c(C(=O)O)c(N)[nH]c(=O)c2C(=O)O)c(Br)c(Br)c1OCC#N. The number of ether oxygens (including phenoxy) is 2. The maximum Gasteiger partial charge on any atom is 0.342 e. The van der Waals surface area contributed by atoms with E-state index in [1.807, 2.05) is 11.1 Å². The van der Waals surface area contributed by atoms with Crippen molar-refractivity contribution in [1.82, 2.24) is 4.98 Å². The van der Waals surface area contributed by atoms with Crippen LogP contribution in [-0.4, -0.2) is 40.3 Å². The first-order valence-electron chi connectivity index (χ1n) is 7.82. The number of nitrogen functional groups attached to an aromatic ring is 1. The first kappa shape index (κ1) is 22.3. The van der Waals surface area contributed by atoms with Crippen LogP contribution in [0.5, 0.6) is 11.5 Å². The van der Waals surface area contributed by atoms with Gasteiger partial charge in [0.25, 0.3) is 5.56 Å². The number of nitrogens with one attached hydrogen (secondary N) is 1. The number of carboxylic acids is 2. The van der Waals surface area contributed by atoms with Gasteiger partial charge in [-0.15, -0.1) is 0 Å². The van der Waals surface area contributed by atoms with E-state index in [-0.39, 0.29) is 39.2 Å². The van der Waals surface area contributed by atoms with Gasteiger partial charge in [0, 0.05) is 15.6 Å². The number of hydrogen-bond donors (Lipinski definition) is 4. The Balaban J connectivity index is 3.02. The lowest BCUT2D eigenvalue weighted by Gasteiger charge is -2.18. The fourth-order valence-electron chi connectivity index (χ4n) is 2.59. The molecule has 0 aliphatic heterocycles. The minimum absolute atomic E-state index is 0.0113. The van der Waals surface area contributed by atoms with Crippen molar-refractivity contribution in [3.63, 3.8) is 0 Å². The van der Waals surface area contributed by atoms with Gasteiger partial charge < -0.3 is 30.4 Å². The normalized spacial score (nSPS) is 10.3. The summed E-state index contributed by atoms with van der Waals surface area (Å²) < 4.78 is 11.2. The number of hydrogen-bond acceptors (Lipinski definition) is 7. The molecule has 2 aromatic rings. The molecule has 0 amide bonds. The van der Waals surface area contributed by atoms with E-state index in [9.17, 15) is 24.6 Å². The van der Waals surface area contributed by atoms with E-state index in [0.717, 1.165) is 0 Å². The summed E-state index contributed by atoms with van der Waals surface area (Å²) in [6, 6.07) is 3.11. The fourth-order valence-corrected chi connectivity index (χ4v) is 3.60. The monoisotopic (exact) mass is 529 g/mol. The van der Waals surface area contributed by atoms with Crippen LogP contribution < -0.4 is 20.8 Å². The van der Waals surface area contributed by atoms with E-state index in [4.69, 9.17) is 20.5 Å². The molecule has 0 aliphatic carbocycles. The highest BCUT2D eigenvalue weighted by Crippen LogP contribution is 2.47. The largest absolute Gasteiger partial charge is 0.490 e. The number of pyridine rings is 1. The van der Waals surface area contributed by atoms with Crippen molar-refractivity contribution in [2.45, 2.75) is 6.92 Å². The van der Waals surface area contributed by atoms with Crippen LogP contribution in [0.4, 0.5) is 5.82 Å². The molecule has 5 N–H and O–H groups in total. The van der Waals surface area contributed by atoms with Gasteiger partial charge in [-0.1, -0.05) is 0 Å². The average molecular weight is 531 g/mol. The van der Waals surface area contributed by atoms with E-state index in [1.54, 1.807) is 6.92 Å². The van der Waals surface area contributed by atoms with Gasteiger partial charge in [0.1, 0.15) is 23.0 Å². The number of aromatic nitrogens is 1. The molecular weight excluding hydrogens is 518 g/mol. The van der Waals surface area contributed by atoms with Crippen LogP contribution in [-0.2, 0) is 0 Å². The predicted octanol–water partition coefficient (Wildman–Crippen LogP) is 2.85. The minimum Gasteiger partial charge on any atom is -0.490 e. The second-order valence-electron chi connectivity index (χ2n) is 5.36. The topological polar surface area (TPSA) is 176 Å². The van der Waals surface area contributed by atoms with Crippen LogP contribution in [0.1, 0.15) is 27.6 Å². The highest BCUT2D eigenvalue weighted by atomic mass is 79.9. The second-order valence-corrected chi connectivity index (χ2v) is 6.95. The summed E-state index contributed by atoms with van der Waals surface area (Å²) >= 11 is 6.52. The van der Waals surface area contributed by atoms with Gasteiger partial charge in [0.2, 0.25) is 0 Å². The Morgan fingerprint density at radius 3 is 2.34 bits per heavy atom.